The SMILES string of the molecule is O=C1CCCC(CCCCCCN(Cc2ccccc2)S(=O)(=O)C(F)(F)F)C1. The first-order chi connectivity index (χ1) is 13.2. The quantitative estimate of drug-likeness (QED) is 0.499. The average molecular weight is 420 g/mol. The number of carbonyl (C=O) groups excluding carboxylic acids is 1. The number of nitrogens with zero attached hydrogens (tertiary/aromatic N) is 1. The van der Waals surface area contributed by atoms with Crippen LogP contribution in [0.3, 0.4) is 0 Å². The van der Waals surface area contributed by atoms with Gasteiger partial charge in [-0.3, -0.25) is 4.79 Å². The summed E-state index contributed by atoms with van der Waals surface area (Å²) < 4.78 is 63.3. The maximum atomic E-state index is 13.0. The van der Waals surface area contributed by atoms with E-state index in [0.29, 0.717) is 47.3 Å². The van der Waals surface area contributed by atoms with Gasteiger partial charge in [-0.2, -0.15) is 17.5 Å². The normalized spacial score (nSPS) is 18.6. The van der Waals surface area contributed by atoms with Crippen LogP contribution < -0.4 is 0 Å². The molecule has 1 aromatic carbocycles. The Bertz CT molecular complexity index is 720. The fourth-order valence-electron chi connectivity index (χ4n) is 3.65. The van der Waals surface area contributed by atoms with E-state index in [1.165, 1.54) is 0 Å². The van der Waals surface area contributed by atoms with E-state index >= 15 is 0 Å². The molecule has 1 fully saturated rings. The third-order valence-corrected chi connectivity index (χ3v) is 6.76. The highest BCUT2D eigenvalue weighted by Gasteiger charge is 2.49. The van der Waals surface area contributed by atoms with Gasteiger partial charge in [0.05, 0.1) is 0 Å². The number of hydrogen-bond donors (Lipinski definition) is 0. The monoisotopic (exact) mass is 419 g/mol. The zero-order chi connectivity index (χ0) is 20.6. The molecule has 0 N–H and O–H groups in total. The first-order valence-electron chi connectivity index (χ1n) is 9.82. The molecule has 158 valence electrons. The molecule has 4 nitrogen and oxygen atoms in total. The predicted octanol–water partition coefficient (Wildman–Crippen LogP) is 5.05. The molecule has 1 atom stereocenters. The number of alkyl halides is 3. The van der Waals surface area contributed by atoms with E-state index in [2.05, 4.69) is 0 Å². The number of ketones is 1. The third kappa shape index (κ3) is 6.88. The average Bonchev–Trinajstić information content (AvgIpc) is 2.63. The van der Waals surface area contributed by atoms with E-state index in [4.69, 9.17) is 0 Å². The molecule has 0 saturated heterocycles. The van der Waals surface area contributed by atoms with Crippen molar-refractivity contribution in [3.63, 3.8) is 0 Å². The lowest BCUT2D eigenvalue weighted by Crippen LogP contribution is -2.40. The summed E-state index contributed by atoms with van der Waals surface area (Å²) >= 11 is 0. The smallest absolute Gasteiger partial charge is 0.300 e. The highest BCUT2D eigenvalue weighted by molar-refractivity contribution is 7.89. The molecular weight excluding hydrogens is 391 g/mol. The third-order valence-electron chi connectivity index (χ3n) is 5.19. The molecule has 1 saturated carbocycles. The molecule has 2 rings (SSSR count). The topological polar surface area (TPSA) is 54.5 Å². The molecule has 0 aliphatic heterocycles. The zero-order valence-corrected chi connectivity index (χ0v) is 16.8. The van der Waals surface area contributed by atoms with E-state index in [1.54, 1.807) is 30.3 Å². The summed E-state index contributed by atoms with van der Waals surface area (Å²) in [7, 11) is -5.36. The van der Waals surface area contributed by atoms with Crippen molar-refractivity contribution in [2.75, 3.05) is 6.54 Å². The minimum Gasteiger partial charge on any atom is -0.300 e. The van der Waals surface area contributed by atoms with Crippen molar-refractivity contribution in [2.24, 2.45) is 5.92 Å². The Labute approximate surface area is 165 Å². The highest BCUT2D eigenvalue weighted by atomic mass is 32.2. The number of rotatable bonds is 10. The van der Waals surface area contributed by atoms with Gasteiger partial charge in [-0.05, 0) is 30.7 Å². The number of carbonyl (C=O) groups is 1. The minimum atomic E-state index is -5.36. The Morgan fingerprint density at radius 2 is 1.71 bits per heavy atom. The Hall–Kier alpha value is -1.41. The van der Waals surface area contributed by atoms with Gasteiger partial charge >= 0.3 is 15.5 Å². The van der Waals surface area contributed by atoms with Gasteiger partial charge in [0, 0.05) is 25.9 Å². The zero-order valence-electron chi connectivity index (χ0n) is 16.0. The van der Waals surface area contributed by atoms with E-state index in [9.17, 15) is 26.4 Å². The van der Waals surface area contributed by atoms with Gasteiger partial charge in [0.1, 0.15) is 5.78 Å². The summed E-state index contributed by atoms with van der Waals surface area (Å²) in [5.74, 6) is 0.756. The summed E-state index contributed by atoms with van der Waals surface area (Å²) in [5.41, 5.74) is -4.77. The van der Waals surface area contributed by atoms with Crippen molar-refractivity contribution in [2.45, 2.75) is 69.8 Å². The standard InChI is InChI=1S/C20H28F3NO3S/c21-20(22,23)28(26,27)24(16-18-10-5-3-6-11-18)14-7-2-1-4-9-17-12-8-13-19(25)15-17/h3,5-6,10-11,17H,1-2,4,7-9,12-16H2. The molecular formula is C20H28F3NO3S. The number of halogens is 3. The van der Waals surface area contributed by atoms with E-state index < -0.39 is 15.5 Å². The van der Waals surface area contributed by atoms with Crippen LogP contribution in [0.4, 0.5) is 13.2 Å². The van der Waals surface area contributed by atoms with Crippen molar-refractivity contribution in [3.05, 3.63) is 35.9 Å². The lowest BCUT2D eigenvalue weighted by atomic mass is 9.85. The Balaban J connectivity index is 1.81. The minimum absolute atomic E-state index is 0.154. The van der Waals surface area contributed by atoms with Crippen molar-refractivity contribution in [3.8, 4) is 0 Å². The van der Waals surface area contributed by atoms with Crippen LogP contribution in [0.1, 0.15) is 63.4 Å². The number of Topliss-reactive ketones (excluding diaryl/α,β-unsaturated/α-hetero) is 1. The lowest BCUT2D eigenvalue weighted by Gasteiger charge is -2.23. The highest BCUT2D eigenvalue weighted by Crippen LogP contribution is 2.29. The van der Waals surface area contributed by atoms with Gasteiger partial charge in [-0.25, -0.2) is 8.42 Å². The maximum Gasteiger partial charge on any atom is 0.511 e. The Morgan fingerprint density at radius 3 is 2.36 bits per heavy atom. The first kappa shape index (κ1) is 22.9. The number of benzene rings is 1. The fourth-order valence-corrected chi connectivity index (χ4v) is 4.63. The summed E-state index contributed by atoms with van der Waals surface area (Å²) in [6.45, 7) is -0.439. The molecule has 0 aromatic heterocycles. The van der Waals surface area contributed by atoms with Crippen LogP contribution in [-0.4, -0.2) is 30.6 Å². The van der Waals surface area contributed by atoms with Crippen LogP contribution in [-0.2, 0) is 21.4 Å². The van der Waals surface area contributed by atoms with Crippen LogP contribution in [0, 0.1) is 5.92 Å². The molecule has 28 heavy (non-hydrogen) atoms. The molecule has 1 aliphatic carbocycles. The molecule has 0 amide bonds. The second-order valence-electron chi connectivity index (χ2n) is 7.47. The summed E-state index contributed by atoms with van der Waals surface area (Å²) in [5, 5.41) is 0. The van der Waals surface area contributed by atoms with E-state index in [-0.39, 0.29) is 13.1 Å². The Morgan fingerprint density at radius 1 is 1.04 bits per heavy atom. The second kappa shape index (κ2) is 10.4. The largest absolute Gasteiger partial charge is 0.511 e. The van der Waals surface area contributed by atoms with Crippen LogP contribution in [0.25, 0.3) is 0 Å². The van der Waals surface area contributed by atoms with Gasteiger partial charge in [-0.15, -0.1) is 0 Å². The first-order valence-corrected chi connectivity index (χ1v) is 11.3. The molecule has 0 heterocycles. The summed E-state index contributed by atoms with van der Waals surface area (Å²) in [4.78, 5) is 11.5. The van der Waals surface area contributed by atoms with Gasteiger partial charge < -0.3 is 0 Å². The molecule has 1 unspecified atom stereocenters. The van der Waals surface area contributed by atoms with Crippen molar-refractivity contribution in [1.82, 2.24) is 4.31 Å². The van der Waals surface area contributed by atoms with Crippen molar-refractivity contribution >= 4 is 15.8 Å². The Kier molecular flexibility index (Phi) is 8.49. The molecule has 1 aromatic rings. The van der Waals surface area contributed by atoms with Gasteiger partial charge in [0.2, 0.25) is 0 Å². The molecule has 1 aliphatic rings. The van der Waals surface area contributed by atoms with Gasteiger partial charge in [0.25, 0.3) is 0 Å². The van der Waals surface area contributed by atoms with E-state index in [1.807, 2.05) is 0 Å². The van der Waals surface area contributed by atoms with Crippen LogP contribution >= 0.6 is 0 Å². The number of sulfonamides is 1. The van der Waals surface area contributed by atoms with Crippen LogP contribution in [0.15, 0.2) is 30.3 Å². The van der Waals surface area contributed by atoms with Crippen LogP contribution in [0.2, 0.25) is 0 Å². The fraction of sp³-hybridized carbons (Fsp3) is 0.650. The molecule has 0 spiro atoms. The van der Waals surface area contributed by atoms with Crippen LogP contribution in [0.5, 0.6) is 0 Å². The molecule has 0 radical (unpaired) electrons. The second-order valence-corrected chi connectivity index (χ2v) is 9.40. The summed E-state index contributed by atoms with van der Waals surface area (Å²) in [6, 6.07) is 8.30. The van der Waals surface area contributed by atoms with Gasteiger partial charge in [-0.1, -0.05) is 56.0 Å². The molecule has 0 bridgehead atoms. The van der Waals surface area contributed by atoms with Gasteiger partial charge in [0.15, 0.2) is 0 Å². The predicted molar refractivity (Wildman–Crippen MR) is 102 cm³/mol. The number of unbranched alkanes of at least 4 members (excludes halogenated alkanes) is 3. The van der Waals surface area contributed by atoms with Crippen molar-refractivity contribution < 1.29 is 26.4 Å². The lowest BCUT2D eigenvalue weighted by molar-refractivity contribution is -0.121. The maximum absolute atomic E-state index is 13.0. The molecule has 8 heteroatoms. The van der Waals surface area contributed by atoms with Crippen molar-refractivity contribution in [1.29, 1.82) is 0 Å². The number of hydrogen-bond acceptors (Lipinski definition) is 3. The van der Waals surface area contributed by atoms with E-state index in [0.717, 1.165) is 32.1 Å². The summed E-state index contributed by atoms with van der Waals surface area (Å²) in [6.07, 6.45) is 7.10.